The third-order valence-corrected chi connectivity index (χ3v) is 6.80. The molecule has 0 fully saturated rings. The molecule has 36 heavy (non-hydrogen) atoms. The Morgan fingerprint density at radius 3 is 2.31 bits per heavy atom. The summed E-state index contributed by atoms with van der Waals surface area (Å²) in [5.41, 5.74) is 2.17. The van der Waals surface area contributed by atoms with E-state index in [9.17, 15) is 18.4 Å². The van der Waals surface area contributed by atoms with Gasteiger partial charge in [0.1, 0.15) is 17.7 Å². The molecule has 1 N–H and O–H groups in total. The second-order valence-electron chi connectivity index (χ2n) is 8.58. The second-order valence-corrected chi connectivity index (χ2v) is 9.57. The fourth-order valence-electron chi connectivity index (χ4n) is 3.79. The first-order valence-corrected chi connectivity index (χ1v) is 13.3. The number of carbonyl (C=O) groups is 2. The van der Waals surface area contributed by atoms with Crippen molar-refractivity contribution in [1.82, 2.24) is 10.2 Å². The Morgan fingerprint density at radius 2 is 1.61 bits per heavy atom. The number of amides is 2. The topological polar surface area (TPSA) is 49.4 Å². The van der Waals surface area contributed by atoms with E-state index in [4.69, 9.17) is 0 Å². The van der Waals surface area contributed by atoms with Crippen LogP contribution >= 0.6 is 11.8 Å². The third-order valence-electron chi connectivity index (χ3n) is 5.81. The summed E-state index contributed by atoms with van der Waals surface area (Å²) in [5.74, 6) is -0.601. The smallest absolute Gasteiger partial charge is 0.243 e. The van der Waals surface area contributed by atoms with E-state index in [0.717, 1.165) is 24.0 Å². The first-order chi connectivity index (χ1) is 17.5. The minimum Gasteiger partial charge on any atom is -0.354 e. The Hall–Kier alpha value is -3.19. The maximum Gasteiger partial charge on any atom is 0.243 e. The van der Waals surface area contributed by atoms with Crippen LogP contribution in [-0.4, -0.2) is 35.1 Å². The van der Waals surface area contributed by atoms with Crippen LogP contribution in [0, 0.1) is 11.6 Å². The molecule has 3 aromatic carbocycles. The van der Waals surface area contributed by atoms with Crippen LogP contribution in [0.1, 0.15) is 36.5 Å². The van der Waals surface area contributed by atoms with Crippen molar-refractivity contribution in [2.24, 2.45) is 0 Å². The van der Waals surface area contributed by atoms with Crippen LogP contribution < -0.4 is 5.32 Å². The minimum atomic E-state index is -0.789. The van der Waals surface area contributed by atoms with Gasteiger partial charge in [-0.3, -0.25) is 9.59 Å². The van der Waals surface area contributed by atoms with E-state index in [1.54, 1.807) is 30.3 Å². The molecule has 0 spiro atoms. The van der Waals surface area contributed by atoms with Crippen LogP contribution in [-0.2, 0) is 28.3 Å². The van der Waals surface area contributed by atoms with Crippen molar-refractivity contribution in [1.29, 1.82) is 0 Å². The van der Waals surface area contributed by atoms with Gasteiger partial charge in [0.15, 0.2) is 0 Å². The van der Waals surface area contributed by atoms with Crippen molar-refractivity contribution in [2.45, 2.75) is 44.5 Å². The van der Waals surface area contributed by atoms with Gasteiger partial charge in [-0.05, 0) is 35.7 Å². The molecule has 0 heterocycles. The monoisotopic (exact) mass is 510 g/mol. The summed E-state index contributed by atoms with van der Waals surface area (Å²) in [6.45, 7) is 2.54. The molecule has 2 amide bonds. The molecule has 0 bridgehead atoms. The van der Waals surface area contributed by atoms with Crippen LogP contribution in [0.15, 0.2) is 78.9 Å². The molecule has 1 atom stereocenters. The number of unbranched alkanes of at least 4 members (excludes halogenated alkanes) is 1. The van der Waals surface area contributed by atoms with Crippen LogP contribution in [0.2, 0.25) is 0 Å². The number of hydrogen-bond donors (Lipinski definition) is 1. The van der Waals surface area contributed by atoms with Gasteiger partial charge < -0.3 is 10.2 Å². The van der Waals surface area contributed by atoms with E-state index >= 15 is 0 Å². The number of carbonyl (C=O) groups excluding carboxylic acids is 2. The van der Waals surface area contributed by atoms with Crippen molar-refractivity contribution >= 4 is 23.6 Å². The van der Waals surface area contributed by atoms with Crippen molar-refractivity contribution in [2.75, 3.05) is 12.3 Å². The summed E-state index contributed by atoms with van der Waals surface area (Å²) < 4.78 is 27.8. The number of halogens is 2. The zero-order valence-electron chi connectivity index (χ0n) is 20.5. The van der Waals surface area contributed by atoms with Crippen molar-refractivity contribution in [3.63, 3.8) is 0 Å². The molecule has 190 valence electrons. The molecule has 0 aliphatic heterocycles. The Kier molecular flexibility index (Phi) is 11.0. The predicted molar refractivity (Wildman–Crippen MR) is 141 cm³/mol. The normalized spacial score (nSPS) is 11.6. The maximum atomic E-state index is 14.6. The Balaban J connectivity index is 1.83. The SMILES string of the molecule is CCCCNC(=O)[C@@H](Cc1ccccc1)N(Cc1ccccc1F)C(=O)CSCc1ccc(F)cc1. The van der Waals surface area contributed by atoms with Gasteiger partial charge in [-0.15, -0.1) is 11.8 Å². The predicted octanol–water partition coefficient (Wildman–Crippen LogP) is 5.75. The highest BCUT2D eigenvalue weighted by molar-refractivity contribution is 7.99. The molecule has 0 unspecified atom stereocenters. The molecular weight excluding hydrogens is 478 g/mol. The van der Waals surface area contributed by atoms with E-state index in [0.29, 0.717) is 24.3 Å². The van der Waals surface area contributed by atoms with Gasteiger partial charge in [0.25, 0.3) is 0 Å². The fourth-order valence-corrected chi connectivity index (χ4v) is 4.66. The van der Waals surface area contributed by atoms with Gasteiger partial charge in [0, 0.05) is 30.8 Å². The zero-order chi connectivity index (χ0) is 25.8. The number of benzene rings is 3. The number of nitrogens with zero attached hydrogens (tertiary/aromatic N) is 1. The largest absolute Gasteiger partial charge is 0.354 e. The van der Waals surface area contributed by atoms with Gasteiger partial charge in [0.05, 0.1) is 5.75 Å². The molecule has 0 saturated carbocycles. The highest BCUT2D eigenvalue weighted by atomic mass is 32.2. The van der Waals surface area contributed by atoms with Crippen LogP contribution in [0.25, 0.3) is 0 Å². The van der Waals surface area contributed by atoms with E-state index in [2.05, 4.69) is 5.32 Å². The van der Waals surface area contributed by atoms with Crippen molar-refractivity contribution in [3.05, 3.63) is 107 Å². The molecular formula is C29H32F2N2O2S. The number of thioether (sulfide) groups is 1. The van der Waals surface area contributed by atoms with E-state index in [1.165, 1.54) is 34.9 Å². The number of hydrogen-bond acceptors (Lipinski definition) is 3. The molecule has 0 aromatic heterocycles. The van der Waals surface area contributed by atoms with Crippen molar-refractivity contribution in [3.8, 4) is 0 Å². The standard InChI is InChI=1S/C29H32F2N2O2S/c1-2-3-17-32-29(35)27(18-22-9-5-4-6-10-22)33(19-24-11-7-8-12-26(24)31)28(34)21-36-20-23-13-15-25(30)16-14-23/h4-16,27H,2-3,17-21H2,1H3,(H,32,35)/t27-/m1/s1. The Labute approximate surface area is 216 Å². The lowest BCUT2D eigenvalue weighted by Crippen LogP contribution is -2.51. The molecule has 4 nitrogen and oxygen atoms in total. The molecule has 7 heteroatoms. The molecule has 3 aromatic rings. The van der Waals surface area contributed by atoms with Crippen LogP contribution in [0.4, 0.5) is 8.78 Å². The van der Waals surface area contributed by atoms with Crippen LogP contribution in [0.5, 0.6) is 0 Å². The molecule has 0 aliphatic carbocycles. The minimum absolute atomic E-state index is 0.0126. The maximum absolute atomic E-state index is 14.6. The number of nitrogens with one attached hydrogen (secondary N) is 1. The van der Waals surface area contributed by atoms with Gasteiger partial charge >= 0.3 is 0 Å². The third kappa shape index (κ3) is 8.48. The zero-order valence-corrected chi connectivity index (χ0v) is 21.3. The van der Waals surface area contributed by atoms with Crippen LogP contribution in [0.3, 0.4) is 0 Å². The lowest BCUT2D eigenvalue weighted by Gasteiger charge is -2.31. The highest BCUT2D eigenvalue weighted by Crippen LogP contribution is 2.20. The second kappa shape index (κ2) is 14.4. The van der Waals surface area contributed by atoms with Gasteiger partial charge in [-0.1, -0.05) is 74.0 Å². The van der Waals surface area contributed by atoms with Gasteiger partial charge in [-0.25, -0.2) is 8.78 Å². The lowest BCUT2D eigenvalue weighted by atomic mass is 10.0. The van der Waals surface area contributed by atoms with E-state index in [-0.39, 0.29) is 29.9 Å². The first kappa shape index (κ1) is 27.4. The van der Waals surface area contributed by atoms with Crippen molar-refractivity contribution < 1.29 is 18.4 Å². The van der Waals surface area contributed by atoms with E-state index in [1.807, 2.05) is 37.3 Å². The molecule has 0 aliphatic rings. The van der Waals surface area contributed by atoms with Gasteiger partial charge in [-0.2, -0.15) is 0 Å². The average molecular weight is 511 g/mol. The molecule has 3 rings (SSSR count). The summed E-state index contributed by atoms with van der Waals surface area (Å²) in [6, 6.07) is 21.2. The summed E-state index contributed by atoms with van der Waals surface area (Å²) in [4.78, 5) is 28.3. The highest BCUT2D eigenvalue weighted by Gasteiger charge is 2.30. The van der Waals surface area contributed by atoms with Gasteiger partial charge in [0.2, 0.25) is 11.8 Å². The molecule has 0 radical (unpaired) electrons. The average Bonchev–Trinajstić information content (AvgIpc) is 2.89. The summed E-state index contributed by atoms with van der Waals surface area (Å²) in [7, 11) is 0. The van der Waals surface area contributed by atoms with E-state index < -0.39 is 11.9 Å². The Bertz CT molecular complexity index is 1110. The quantitative estimate of drug-likeness (QED) is 0.298. The fraction of sp³-hybridized carbons (Fsp3) is 0.310. The molecule has 0 saturated heterocycles. The lowest BCUT2D eigenvalue weighted by molar-refractivity contribution is -0.139. The first-order valence-electron chi connectivity index (χ1n) is 12.1. The number of rotatable bonds is 13. The summed E-state index contributed by atoms with van der Waals surface area (Å²) in [6.07, 6.45) is 2.09. The summed E-state index contributed by atoms with van der Waals surface area (Å²) in [5, 5.41) is 2.96. The summed E-state index contributed by atoms with van der Waals surface area (Å²) >= 11 is 1.38. The Morgan fingerprint density at radius 1 is 0.917 bits per heavy atom.